The van der Waals surface area contributed by atoms with Crippen LogP contribution < -0.4 is 5.56 Å². The van der Waals surface area contributed by atoms with E-state index in [4.69, 9.17) is 10.2 Å². The van der Waals surface area contributed by atoms with Gasteiger partial charge in [-0.2, -0.15) is 18.2 Å². The summed E-state index contributed by atoms with van der Waals surface area (Å²) in [5.74, 6) is 1.77. The Morgan fingerprint density at radius 2 is 1.52 bits per heavy atom. The van der Waals surface area contributed by atoms with Gasteiger partial charge in [0.1, 0.15) is 11.6 Å². The molecule has 1 saturated heterocycles. The minimum absolute atomic E-state index is 0.195. The molecule has 0 radical (unpaired) electrons. The Morgan fingerprint density at radius 3 is 2.21 bits per heavy atom. The van der Waals surface area contributed by atoms with Crippen molar-refractivity contribution < 1.29 is 17.6 Å². The third kappa shape index (κ3) is 7.86. The zero-order valence-electron chi connectivity index (χ0n) is 29.2. The summed E-state index contributed by atoms with van der Waals surface area (Å²) in [6.07, 6.45) is 0.485. The molecule has 0 unspecified atom stereocenters. The van der Waals surface area contributed by atoms with Crippen LogP contribution in [0.3, 0.4) is 0 Å². The first-order valence-corrected chi connectivity index (χ1v) is 18.7. The van der Waals surface area contributed by atoms with E-state index in [1.54, 1.807) is 12.1 Å². The van der Waals surface area contributed by atoms with Gasteiger partial charge in [0.15, 0.2) is 11.0 Å². The highest BCUT2D eigenvalue weighted by Gasteiger charge is 2.31. The number of rotatable bonds is 12. The first-order valence-electron chi connectivity index (χ1n) is 17.7. The van der Waals surface area contributed by atoms with Crippen molar-refractivity contribution in [1.29, 1.82) is 0 Å². The summed E-state index contributed by atoms with van der Waals surface area (Å²) in [4.78, 5) is 22.5. The summed E-state index contributed by atoms with van der Waals surface area (Å²) in [7, 11) is 2.12. The van der Waals surface area contributed by atoms with Crippen molar-refractivity contribution in [2.24, 2.45) is 0 Å². The standard InChI is InChI=1S/C39H41F4N7OS/c1-3-48-21-5-8-36(48)47(2)23-34-45-46-35(50(34)22-26-9-13-28(14-10-26)29-15-17-30(18-16-29)39(41,42)43)24-49-33-7-4-6-32(33)37(51)44-38(49)52-25-27-11-19-31(40)20-12-27/h9-20,36H,3-8,21-25H2,1-2H3/t36-/m0/s1. The monoisotopic (exact) mass is 731 g/mol. The number of halogens is 4. The minimum atomic E-state index is -4.38. The maximum atomic E-state index is 13.6. The maximum Gasteiger partial charge on any atom is 0.416 e. The number of hydrogen-bond acceptors (Lipinski definition) is 7. The van der Waals surface area contributed by atoms with Gasteiger partial charge in [-0.3, -0.25) is 14.6 Å². The van der Waals surface area contributed by atoms with E-state index in [9.17, 15) is 22.4 Å². The minimum Gasteiger partial charge on any atom is -0.316 e. The van der Waals surface area contributed by atoms with E-state index in [1.807, 2.05) is 24.3 Å². The number of fused-ring (bicyclic) bond motifs is 1. The van der Waals surface area contributed by atoms with E-state index in [-0.39, 0.29) is 11.4 Å². The van der Waals surface area contributed by atoms with Crippen LogP contribution in [-0.4, -0.2) is 60.4 Å². The Hall–Kier alpha value is -4.33. The van der Waals surface area contributed by atoms with Gasteiger partial charge in [0.2, 0.25) is 0 Å². The first-order chi connectivity index (χ1) is 25.1. The second-order valence-electron chi connectivity index (χ2n) is 13.5. The second kappa shape index (κ2) is 15.3. The summed E-state index contributed by atoms with van der Waals surface area (Å²) in [5, 5.41) is 10.1. The van der Waals surface area contributed by atoms with Gasteiger partial charge in [-0.1, -0.05) is 67.2 Å². The van der Waals surface area contributed by atoms with Crippen LogP contribution in [0, 0.1) is 5.82 Å². The molecule has 272 valence electrons. The van der Waals surface area contributed by atoms with Crippen LogP contribution in [-0.2, 0) is 44.4 Å². The Balaban J connectivity index is 1.20. The lowest BCUT2D eigenvalue weighted by molar-refractivity contribution is -0.137. The maximum absolute atomic E-state index is 13.6. The molecule has 1 aliphatic heterocycles. The van der Waals surface area contributed by atoms with Crippen LogP contribution in [0.25, 0.3) is 11.1 Å². The molecule has 0 amide bonds. The lowest BCUT2D eigenvalue weighted by atomic mass is 10.0. The molecule has 52 heavy (non-hydrogen) atoms. The average Bonchev–Trinajstić information content (AvgIpc) is 3.91. The molecule has 8 nitrogen and oxygen atoms in total. The third-order valence-corrected chi connectivity index (χ3v) is 11.2. The fraction of sp³-hybridized carbons (Fsp3) is 0.385. The quantitative estimate of drug-likeness (QED) is 0.0752. The molecule has 3 aromatic carbocycles. The van der Waals surface area contributed by atoms with Crippen LogP contribution >= 0.6 is 11.8 Å². The molecule has 1 atom stereocenters. The summed E-state index contributed by atoms with van der Waals surface area (Å²) in [5.41, 5.74) is 4.29. The van der Waals surface area contributed by atoms with E-state index < -0.39 is 11.7 Å². The number of nitrogens with zero attached hydrogens (tertiary/aromatic N) is 7. The molecule has 2 aliphatic rings. The molecule has 1 aliphatic carbocycles. The number of benzene rings is 3. The van der Waals surface area contributed by atoms with Crippen LogP contribution in [0.5, 0.6) is 0 Å². The third-order valence-electron chi connectivity index (χ3n) is 10.2. The van der Waals surface area contributed by atoms with Gasteiger partial charge in [-0.05, 0) is 98.8 Å². The molecule has 0 saturated carbocycles. The van der Waals surface area contributed by atoms with Crippen molar-refractivity contribution in [1.82, 2.24) is 34.1 Å². The molecule has 0 bridgehead atoms. The van der Waals surface area contributed by atoms with Gasteiger partial charge in [0, 0.05) is 17.0 Å². The van der Waals surface area contributed by atoms with Gasteiger partial charge in [-0.25, -0.2) is 4.39 Å². The molecule has 3 heterocycles. The van der Waals surface area contributed by atoms with Crippen LogP contribution in [0.4, 0.5) is 17.6 Å². The predicted octanol–water partition coefficient (Wildman–Crippen LogP) is 7.41. The molecule has 13 heteroatoms. The van der Waals surface area contributed by atoms with Crippen molar-refractivity contribution in [2.75, 3.05) is 20.1 Å². The second-order valence-corrected chi connectivity index (χ2v) is 14.5. The van der Waals surface area contributed by atoms with Gasteiger partial charge >= 0.3 is 6.18 Å². The van der Waals surface area contributed by atoms with E-state index in [1.165, 1.54) is 36.0 Å². The van der Waals surface area contributed by atoms with E-state index in [2.05, 4.69) is 37.9 Å². The Bertz CT molecular complexity index is 2060. The predicted molar refractivity (Wildman–Crippen MR) is 193 cm³/mol. The van der Waals surface area contributed by atoms with Crippen molar-refractivity contribution >= 4 is 11.8 Å². The number of likely N-dealkylation sites (tertiary alicyclic amines) is 1. The van der Waals surface area contributed by atoms with Crippen molar-refractivity contribution in [2.45, 2.75) is 81.9 Å². The van der Waals surface area contributed by atoms with E-state index in [0.29, 0.717) is 48.7 Å². The molecular weight excluding hydrogens is 691 g/mol. The van der Waals surface area contributed by atoms with Gasteiger partial charge in [-0.15, -0.1) is 10.2 Å². The molecule has 7 rings (SSSR count). The van der Waals surface area contributed by atoms with E-state index >= 15 is 0 Å². The van der Waals surface area contributed by atoms with Crippen LogP contribution in [0.2, 0.25) is 0 Å². The molecule has 0 spiro atoms. The number of alkyl halides is 3. The van der Waals surface area contributed by atoms with Crippen molar-refractivity contribution in [3.8, 4) is 11.1 Å². The van der Waals surface area contributed by atoms with E-state index in [0.717, 1.165) is 90.5 Å². The average molecular weight is 732 g/mol. The summed E-state index contributed by atoms with van der Waals surface area (Å²) in [6.45, 7) is 5.66. The molecule has 0 N–H and O–H groups in total. The van der Waals surface area contributed by atoms with Crippen LogP contribution in [0.15, 0.2) is 82.7 Å². The number of hydrogen-bond donors (Lipinski definition) is 0. The SMILES string of the molecule is CCN1CCC[C@H]1N(C)Cc1nnc(Cn2c(SCc3ccc(F)cc3)nc(=O)c3c2CCC3)n1Cc1ccc(-c2ccc(C(F)(F)F)cc2)cc1. The Kier molecular flexibility index (Phi) is 10.6. The highest BCUT2D eigenvalue weighted by molar-refractivity contribution is 7.98. The molecule has 5 aromatic rings. The van der Waals surface area contributed by atoms with Gasteiger partial charge in [0.05, 0.1) is 31.4 Å². The highest BCUT2D eigenvalue weighted by atomic mass is 32.2. The summed E-state index contributed by atoms with van der Waals surface area (Å²) >= 11 is 1.45. The lowest BCUT2D eigenvalue weighted by Gasteiger charge is -2.31. The summed E-state index contributed by atoms with van der Waals surface area (Å²) < 4.78 is 57.3. The highest BCUT2D eigenvalue weighted by Crippen LogP contribution is 2.32. The zero-order chi connectivity index (χ0) is 36.4. The lowest BCUT2D eigenvalue weighted by Crippen LogP contribution is -2.42. The van der Waals surface area contributed by atoms with Crippen LogP contribution in [0.1, 0.15) is 65.8 Å². The topological polar surface area (TPSA) is 72.1 Å². The smallest absolute Gasteiger partial charge is 0.316 e. The fourth-order valence-corrected chi connectivity index (χ4v) is 8.33. The zero-order valence-corrected chi connectivity index (χ0v) is 30.1. The fourth-order valence-electron chi connectivity index (χ4n) is 7.36. The van der Waals surface area contributed by atoms with Gasteiger partial charge < -0.3 is 9.13 Å². The summed E-state index contributed by atoms with van der Waals surface area (Å²) in [6, 6.07) is 19.4. The first kappa shape index (κ1) is 36.0. The molecule has 2 aromatic heterocycles. The van der Waals surface area contributed by atoms with Crippen molar-refractivity contribution in [3.63, 3.8) is 0 Å². The van der Waals surface area contributed by atoms with Crippen molar-refractivity contribution in [3.05, 3.63) is 129 Å². The number of thioether (sulfide) groups is 1. The molecule has 1 fully saturated rings. The Morgan fingerprint density at radius 1 is 0.846 bits per heavy atom. The van der Waals surface area contributed by atoms with Gasteiger partial charge in [0.25, 0.3) is 5.56 Å². The molecular formula is C39H41F4N7OS. The number of aromatic nitrogens is 5. The normalized spacial score (nSPS) is 16.2. The largest absolute Gasteiger partial charge is 0.416 e. The Labute approximate surface area is 304 Å².